The lowest BCUT2D eigenvalue weighted by atomic mass is 10.1. The Bertz CT molecular complexity index is 788. The van der Waals surface area contributed by atoms with Gasteiger partial charge >= 0.3 is 0 Å². The van der Waals surface area contributed by atoms with Gasteiger partial charge in [-0.05, 0) is 24.5 Å². The zero-order valence-corrected chi connectivity index (χ0v) is 15.4. The van der Waals surface area contributed by atoms with Gasteiger partial charge in [0.25, 0.3) is 5.91 Å². The first-order valence-electron chi connectivity index (χ1n) is 9.33. The minimum Gasteiger partial charge on any atom is -0.356 e. The molecule has 0 spiro atoms. The van der Waals surface area contributed by atoms with Gasteiger partial charge in [-0.2, -0.15) is 0 Å². The smallest absolute Gasteiger partial charge is 0.254 e. The van der Waals surface area contributed by atoms with Crippen molar-refractivity contribution < 1.29 is 4.79 Å². The molecule has 4 rings (SSSR count). The van der Waals surface area contributed by atoms with Crippen LogP contribution in [0.2, 0.25) is 0 Å². The molecule has 2 unspecified atom stereocenters. The molecule has 2 saturated heterocycles. The normalized spacial score (nSPS) is 23.5. The van der Waals surface area contributed by atoms with E-state index in [1.54, 1.807) is 12.4 Å². The number of imidazole rings is 1. The van der Waals surface area contributed by atoms with E-state index < -0.39 is 0 Å². The van der Waals surface area contributed by atoms with Gasteiger partial charge in [0.15, 0.2) is 0 Å². The average molecular weight is 354 g/mol. The third-order valence-corrected chi connectivity index (χ3v) is 5.40. The summed E-state index contributed by atoms with van der Waals surface area (Å²) in [5, 5.41) is 3.38. The average Bonchev–Trinajstić information content (AvgIpc) is 3.29. The Labute approximate surface area is 154 Å². The van der Waals surface area contributed by atoms with Gasteiger partial charge in [-0.1, -0.05) is 6.92 Å². The highest BCUT2D eigenvalue weighted by Crippen LogP contribution is 2.25. The van der Waals surface area contributed by atoms with Crippen LogP contribution in [0.3, 0.4) is 0 Å². The highest BCUT2D eigenvalue weighted by molar-refractivity contribution is 5.95. The van der Waals surface area contributed by atoms with Crippen LogP contribution in [0, 0.1) is 5.92 Å². The molecule has 7 heteroatoms. The minimum absolute atomic E-state index is 0.0513. The largest absolute Gasteiger partial charge is 0.356 e. The summed E-state index contributed by atoms with van der Waals surface area (Å²) in [6, 6.07) is 3.71. The Morgan fingerprint density at radius 3 is 2.88 bits per heavy atom. The van der Waals surface area contributed by atoms with E-state index in [2.05, 4.69) is 27.1 Å². The second-order valence-corrected chi connectivity index (χ2v) is 7.36. The van der Waals surface area contributed by atoms with Crippen LogP contribution in [0.25, 0.3) is 0 Å². The Hall–Kier alpha value is -2.41. The molecular weight excluding hydrogens is 328 g/mol. The molecule has 2 atom stereocenters. The predicted molar refractivity (Wildman–Crippen MR) is 100 cm³/mol. The van der Waals surface area contributed by atoms with Crippen LogP contribution in [-0.2, 0) is 7.05 Å². The van der Waals surface area contributed by atoms with Crippen molar-refractivity contribution in [3.8, 4) is 0 Å². The third-order valence-electron chi connectivity index (χ3n) is 5.40. The van der Waals surface area contributed by atoms with Gasteiger partial charge < -0.3 is 19.7 Å². The quantitative estimate of drug-likeness (QED) is 0.904. The molecule has 0 aromatic carbocycles. The van der Waals surface area contributed by atoms with Gasteiger partial charge in [0.1, 0.15) is 17.7 Å². The first kappa shape index (κ1) is 17.0. The molecule has 2 aromatic rings. The number of nitrogens with one attached hydrogen (secondary N) is 1. The van der Waals surface area contributed by atoms with E-state index in [4.69, 9.17) is 0 Å². The van der Waals surface area contributed by atoms with E-state index >= 15 is 0 Å². The number of piperazine rings is 1. The summed E-state index contributed by atoms with van der Waals surface area (Å²) in [5.74, 6) is 2.55. The van der Waals surface area contributed by atoms with Crippen molar-refractivity contribution in [2.45, 2.75) is 19.4 Å². The van der Waals surface area contributed by atoms with Crippen molar-refractivity contribution >= 4 is 11.7 Å². The number of carbonyl (C=O) groups is 1. The van der Waals surface area contributed by atoms with Crippen LogP contribution >= 0.6 is 0 Å². The summed E-state index contributed by atoms with van der Waals surface area (Å²) in [6.07, 6.45) is 6.64. The zero-order valence-electron chi connectivity index (χ0n) is 15.4. The maximum atomic E-state index is 13.3. The fourth-order valence-electron chi connectivity index (χ4n) is 3.91. The number of carbonyl (C=O) groups excluding carboxylic acids is 1. The highest BCUT2D eigenvalue weighted by atomic mass is 16.2. The van der Waals surface area contributed by atoms with Crippen LogP contribution < -0.4 is 10.2 Å². The molecule has 138 valence electrons. The van der Waals surface area contributed by atoms with Crippen molar-refractivity contribution in [1.82, 2.24) is 24.8 Å². The van der Waals surface area contributed by atoms with E-state index in [0.29, 0.717) is 18.0 Å². The molecule has 1 amide bonds. The van der Waals surface area contributed by atoms with Gasteiger partial charge in [-0.15, -0.1) is 0 Å². The fraction of sp³-hybridized carbons (Fsp3) is 0.526. The Morgan fingerprint density at radius 2 is 2.15 bits per heavy atom. The minimum atomic E-state index is -0.0559. The molecule has 4 heterocycles. The second kappa shape index (κ2) is 7.07. The van der Waals surface area contributed by atoms with Gasteiger partial charge in [-0.3, -0.25) is 4.79 Å². The van der Waals surface area contributed by atoms with Gasteiger partial charge in [0, 0.05) is 63.9 Å². The second-order valence-electron chi connectivity index (χ2n) is 7.36. The van der Waals surface area contributed by atoms with Crippen molar-refractivity contribution in [2.24, 2.45) is 13.0 Å². The Balaban J connectivity index is 1.59. The number of aromatic nitrogens is 3. The number of hydrogen-bond donors (Lipinski definition) is 1. The maximum Gasteiger partial charge on any atom is 0.254 e. The SMILES string of the molecule is CC1CCN(c2cc(C(=O)N3CCNCC3c3nccn3C)ccn2)C1. The molecule has 0 saturated carbocycles. The first-order chi connectivity index (χ1) is 12.6. The summed E-state index contributed by atoms with van der Waals surface area (Å²) < 4.78 is 1.99. The zero-order chi connectivity index (χ0) is 18.1. The molecule has 2 aliphatic heterocycles. The van der Waals surface area contributed by atoms with E-state index in [-0.39, 0.29) is 11.9 Å². The van der Waals surface area contributed by atoms with Gasteiger partial charge in [-0.25, -0.2) is 9.97 Å². The standard InChI is InChI=1S/C19H26N6O/c1-14-4-8-24(13-14)17-11-15(3-5-21-17)19(26)25-10-6-20-12-16(25)18-22-7-9-23(18)2/h3,5,7,9,11,14,16,20H,4,6,8,10,12-13H2,1-2H3. The summed E-state index contributed by atoms with van der Waals surface area (Å²) >= 11 is 0. The lowest BCUT2D eigenvalue weighted by Gasteiger charge is -2.36. The summed E-state index contributed by atoms with van der Waals surface area (Å²) in [4.78, 5) is 26.4. The molecule has 0 aliphatic carbocycles. The van der Waals surface area contributed by atoms with Crippen LogP contribution in [0.15, 0.2) is 30.7 Å². The van der Waals surface area contributed by atoms with E-state index in [9.17, 15) is 4.79 Å². The first-order valence-corrected chi connectivity index (χ1v) is 9.33. The maximum absolute atomic E-state index is 13.3. The summed E-state index contributed by atoms with van der Waals surface area (Å²) in [5.41, 5.74) is 0.704. The van der Waals surface area contributed by atoms with Crippen molar-refractivity contribution in [3.63, 3.8) is 0 Å². The third kappa shape index (κ3) is 3.19. The van der Waals surface area contributed by atoms with Gasteiger partial charge in [0.2, 0.25) is 0 Å². The molecule has 7 nitrogen and oxygen atoms in total. The summed E-state index contributed by atoms with van der Waals surface area (Å²) in [6.45, 7) is 6.47. The number of amides is 1. The van der Waals surface area contributed by atoms with E-state index in [1.807, 2.05) is 34.8 Å². The number of aryl methyl sites for hydroxylation is 1. The molecule has 26 heavy (non-hydrogen) atoms. The Morgan fingerprint density at radius 1 is 1.27 bits per heavy atom. The highest BCUT2D eigenvalue weighted by Gasteiger charge is 2.31. The van der Waals surface area contributed by atoms with Crippen molar-refractivity contribution in [1.29, 1.82) is 0 Å². The lowest BCUT2D eigenvalue weighted by molar-refractivity contribution is 0.0621. The number of hydrogen-bond acceptors (Lipinski definition) is 5. The number of nitrogens with zero attached hydrogens (tertiary/aromatic N) is 5. The molecule has 0 radical (unpaired) electrons. The molecule has 0 bridgehead atoms. The molecule has 2 fully saturated rings. The van der Waals surface area contributed by atoms with E-state index in [0.717, 1.165) is 37.8 Å². The van der Waals surface area contributed by atoms with Crippen LogP contribution in [0.4, 0.5) is 5.82 Å². The van der Waals surface area contributed by atoms with Crippen molar-refractivity contribution in [3.05, 3.63) is 42.1 Å². The lowest BCUT2D eigenvalue weighted by Crippen LogP contribution is -2.49. The topological polar surface area (TPSA) is 66.3 Å². The van der Waals surface area contributed by atoms with Crippen LogP contribution in [-0.4, -0.2) is 58.1 Å². The molecular formula is C19H26N6O. The number of pyridine rings is 1. The van der Waals surface area contributed by atoms with Gasteiger partial charge in [0.05, 0.1) is 0 Å². The fourth-order valence-corrected chi connectivity index (χ4v) is 3.91. The Kier molecular flexibility index (Phi) is 4.63. The molecule has 2 aliphatic rings. The molecule has 1 N–H and O–H groups in total. The predicted octanol–water partition coefficient (Wildman–Crippen LogP) is 1.45. The number of anilines is 1. The number of rotatable bonds is 3. The summed E-state index contributed by atoms with van der Waals surface area (Å²) in [7, 11) is 1.97. The van der Waals surface area contributed by atoms with Crippen LogP contribution in [0.5, 0.6) is 0 Å². The van der Waals surface area contributed by atoms with E-state index in [1.165, 1.54) is 6.42 Å². The van der Waals surface area contributed by atoms with Crippen molar-refractivity contribution in [2.75, 3.05) is 37.6 Å². The molecule has 2 aromatic heterocycles. The monoisotopic (exact) mass is 354 g/mol. The van der Waals surface area contributed by atoms with Crippen LogP contribution in [0.1, 0.15) is 35.6 Å².